The molecule has 0 heterocycles. The zero-order chi connectivity index (χ0) is 6.62. The van der Waals surface area contributed by atoms with Gasteiger partial charge >= 0.3 is 57.0 Å². The second-order valence-electron chi connectivity index (χ2n) is 2.45. The Balaban J connectivity index is 3.11. The van der Waals surface area contributed by atoms with Gasteiger partial charge in [-0.25, -0.2) is 0 Å². The van der Waals surface area contributed by atoms with Crippen molar-refractivity contribution in [1.82, 2.24) is 0 Å². The van der Waals surface area contributed by atoms with Crippen LogP contribution in [0.5, 0.6) is 0 Å². The van der Waals surface area contributed by atoms with Crippen LogP contribution in [0.1, 0.15) is 0 Å². The van der Waals surface area contributed by atoms with Gasteiger partial charge in [0.2, 0.25) is 0 Å². The first-order valence-electron chi connectivity index (χ1n) is 2.63. The predicted octanol–water partition coefficient (Wildman–Crippen LogP) is 1.55. The van der Waals surface area contributed by atoms with Gasteiger partial charge in [0.25, 0.3) is 0 Å². The van der Waals surface area contributed by atoms with Crippen molar-refractivity contribution >= 4 is 22.4 Å². The Labute approximate surface area is 57.3 Å². The van der Waals surface area contributed by atoms with E-state index in [-0.39, 0.29) is 0 Å². The van der Waals surface area contributed by atoms with E-state index in [1.165, 1.54) is 0 Å². The Bertz CT molecular complexity index is 59.9. The monoisotopic (exact) mass is 197 g/mol. The summed E-state index contributed by atoms with van der Waals surface area (Å²) >= 11 is -1.21. The van der Waals surface area contributed by atoms with Gasteiger partial charge in [0.05, 0.1) is 0 Å². The molecule has 0 aliphatic rings. The van der Waals surface area contributed by atoms with Crippen molar-refractivity contribution in [3.63, 3.8) is 0 Å². The van der Waals surface area contributed by atoms with Crippen LogP contribution in [0.15, 0.2) is 0 Å². The second kappa shape index (κ2) is 3.81. The zero-order valence-electron chi connectivity index (χ0n) is 5.72. The summed E-state index contributed by atoms with van der Waals surface area (Å²) in [5, 5.41) is 8.44. The van der Waals surface area contributed by atoms with E-state index in [9.17, 15) is 0 Å². The van der Waals surface area contributed by atoms with Crippen LogP contribution in [0.4, 0.5) is 0 Å². The summed E-state index contributed by atoms with van der Waals surface area (Å²) in [4.78, 5) is 0. The van der Waals surface area contributed by atoms with Crippen LogP contribution in [0.3, 0.4) is 0 Å². The van der Waals surface area contributed by atoms with Crippen LogP contribution in [-0.2, 0) is 0 Å². The van der Waals surface area contributed by atoms with Gasteiger partial charge < -0.3 is 0 Å². The van der Waals surface area contributed by atoms with Crippen LogP contribution >= 0.6 is 10.0 Å². The van der Waals surface area contributed by atoms with E-state index in [1.54, 1.807) is 0 Å². The molecule has 3 heteroatoms. The molecule has 0 atom stereocenters. The molecule has 0 saturated heterocycles. The fraction of sp³-hybridized carbons (Fsp3) is 1.00. The van der Waals surface area contributed by atoms with E-state index < -0.39 is 12.4 Å². The summed E-state index contributed by atoms with van der Waals surface area (Å²) in [6.45, 7) is 0.337. The van der Waals surface area contributed by atoms with E-state index in [2.05, 4.69) is 17.1 Å². The first-order valence-corrected chi connectivity index (χ1v) is 11.5. The molecular weight excluding hydrogens is 183 g/mol. The standard InChI is InChI=1S/C5H14AsOS/c1-6(2,3)8-5-4-7/h7H,4-5H2,1-3H3. The Hall–Kier alpha value is 0.868. The number of rotatable bonds is 3. The molecule has 1 radical (unpaired) electrons. The minimum absolute atomic E-state index is 0.337. The molecule has 0 aromatic heterocycles. The quantitative estimate of drug-likeness (QED) is 0.692. The molecule has 0 saturated carbocycles. The van der Waals surface area contributed by atoms with Gasteiger partial charge in [-0.2, -0.15) is 0 Å². The molecule has 0 bridgehead atoms. The van der Waals surface area contributed by atoms with Gasteiger partial charge in [-0.3, -0.25) is 0 Å². The molecular formula is C5H14AsOS. The van der Waals surface area contributed by atoms with Gasteiger partial charge in [-0.15, -0.1) is 0 Å². The Kier molecular flexibility index (Phi) is 4.23. The van der Waals surface area contributed by atoms with Crippen molar-refractivity contribution in [2.45, 2.75) is 17.1 Å². The van der Waals surface area contributed by atoms with Crippen molar-refractivity contribution in [2.24, 2.45) is 0 Å². The second-order valence-corrected chi connectivity index (χ2v) is 18.4. The van der Waals surface area contributed by atoms with E-state index in [1.807, 2.05) is 10.0 Å². The average Bonchev–Trinajstić information content (AvgIpc) is 1.59. The summed E-state index contributed by atoms with van der Waals surface area (Å²) < 4.78 is 0. The molecule has 0 aliphatic heterocycles. The van der Waals surface area contributed by atoms with Crippen molar-refractivity contribution in [3.8, 4) is 0 Å². The molecule has 0 aromatic rings. The van der Waals surface area contributed by atoms with Crippen LogP contribution in [0.25, 0.3) is 0 Å². The SMILES string of the molecule is C[As](C)(C)SCCO. The normalized spacial score (nSPS) is 12.0. The van der Waals surface area contributed by atoms with Crippen molar-refractivity contribution in [1.29, 1.82) is 0 Å². The Morgan fingerprint density at radius 2 is 1.88 bits per heavy atom. The molecule has 1 nitrogen and oxygen atoms in total. The molecule has 1 N–H and O–H groups in total. The third kappa shape index (κ3) is 6.87. The van der Waals surface area contributed by atoms with Crippen LogP contribution in [0, 0.1) is 0 Å². The average molecular weight is 197 g/mol. The number of aliphatic hydroxyl groups is 1. The number of aliphatic hydroxyl groups excluding tert-OH is 1. The van der Waals surface area contributed by atoms with Crippen molar-refractivity contribution in [2.75, 3.05) is 12.4 Å². The summed E-state index contributed by atoms with van der Waals surface area (Å²) in [5.41, 5.74) is 6.95. The van der Waals surface area contributed by atoms with E-state index >= 15 is 0 Å². The fourth-order valence-corrected chi connectivity index (χ4v) is 4.91. The number of hydrogen-bond acceptors (Lipinski definition) is 2. The van der Waals surface area contributed by atoms with E-state index in [4.69, 9.17) is 5.11 Å². The molecule has 0 unspecified atom stereocenters. The predicted molar refractivity (Wildman–Crippen MR) is 42.9 cm³/mol. The van der Waals surface area contributed by atoms with Crippen LogP contribution in [-0.4, -0.2) is 29.9 Å². The zero-order valence-corrected chi connectivity index (χ0v) is 8.41. The topological polar surface area (TPSA) is 20.2 Å². The third-order valence-corrected chi connectivity index (χ3v) is 7.73. The minimum atomic E-state index is -1.21. The maximum absolute atomic E-state index is 8.44. The summed E-state index contributed by atoms with van der Waals surface area (Å²) in [6.07, 6.45) is 0. The molecule has 51 valence electrons. The first-order chi connectivity index (χ1) is 3.56. The summed E-state index contributed by atoms with van der Waals surface area (Å²) in [5.74, 6) is 0.927. The molecule has 0 rings (SSSR count). The van der Waals surface area contributed by atoms with Gasteiger partial charge in [-0.1, -0.05) is 0 Å². The molecule has 0 aromatic carbocycles. The summed E-state index contributed by atoms with van der Waals surface area (Å²) in [6, 6.07) is 0. The number of hydrogen-bond donors (Lipinski definition) is 1. The Morgan fingerprint density at radius 1 is 1.38 bits per heavy atom. The van der Waals surface area contributed by atoms with Crippen LogP contribution < -0.4 is 0 Å². The Morgan fingerprint density at radius 3 is 2.00 bits per heavy atom. The van der Waals surface area contributed by atoms with Crippen molar-refractivity contribution < 1.29 is 5.11 Å². The molecule has 0 fully saturated rings. The van der Waals surface area contributed by atoms with Crippen LogP contribution in [0.2, 0.25) is 17.1 Å². The first kappa shape index (κ1) is 8.87. The van der Waals surface area contributed by atoms with Gasteiger partial charge in [-0.05, 0) is 0 Å². The molecule has 0 amide bonds. The maximum atomic E-state index is 8.44. The van der Waals surface area contributed by atoms with E-state index in [0.717, 1.165) is 5.75 Å². The molecule has 0 spiro atoms. The third-order valence-electron chi connectivity index (χ3n) is 0.570. The molecule has 8 heavy (non-hydrogen) atoms. The molecule has 0 aliphatic carbocycles. The van der Waals surface area contributed by atoms with Gasteiger partial charge in [0, 0.05) is 0 Å². The summed E-state index contributed by atoms with van der Waals surface area (Å²) in [7, 11) is 1.96. The van der Waals surface area contributed by atoms with Gasteiger partial charge in [0.15, 0.2) is 0 Å². The van der Waals surface area contributed by atoms with E-state index in [0.29, 0.717) is 6.61 Å². The van der Waals surface area contributed by atoms with Crippen molar-refractivity contribution in [3.05, 3.63) is 0 Å². The van der Waals surface area contributed by atoms with Gasteiger partial charge in [0.1, 0.15) is 0 Å². The fourth-order valence-electron chi connectivity index (χ4n) is 0.315.